The molecule has 1 saturated heterocycles. The van der Waals surface area contributed by atoms with Crippen molar-refractivity contribution in [2.75, 3.05) is 38.2 Å². The predicted molar refractivity (Wildman–Crippen MR) is 74.2 cm³/mol. The fraction of sp³-hybridized carbons (Fsp3) is 0.538. The van der Waals surface area contributed by atoms with E-state index < -0.39 is 17.7 Å². The van der Waals surface area contributed by atoms with Crippen molar-refractivity contribution < 1.29 is 27.8 Å². The third-order valence-corrected chi connectivity index (χ3v) is 2.79. The van der Waals surface area contributed by atoms with E-state index in [1.165, 1.54) is 13.2 Å². The number of hydrogen-bond acceptors (Lipinski definition) is 5. The van der Waals surface area contributed by atoms with Gasteiger partial charge >= 0.3 is 6.18 Å². The van der Waals surface area contributed by atoms with Crippen LogP contribution in [0.5, 0.6) is 5.88 Å². The van der Waals surface area contributed by atoms with E-state index in [4.69, 9.17) is 14.6 Å². The minimum absolute atomic E-state index is 0.376. The molecule has 0 radical (unpaired) electrons. The van der Waals surface area contributed by atoms with E-state index in [1.54, 1.807) is 0 Å². The Morgan fingerprint density at radius 2 is 1.91 bits per heavy atom. The number of nitrogens with zero attached hydrogens (tertiary/aromatic N) is 2. The van der Waals surface area contributed by atoms with E-state index in [9.17, 15) is 13.2 Å². The number of halogens is 3. The number of alkyl halides is 3. The summed E-state index contributed by atoms with van der Waals surface area (Å²) in [5, 5.41) is 10.6. The van der Waals surface area contributed by atoms with Gasteiger partial charge < -0.3 is 20.1 Å². The molecule has 1 aliphatic rings. The van der Waals surface area contributed by atoms with Gasteiger partial charge in [0.05, 0.1) is 7.11 Å². The molecule has 0 aliphatic carbocycles. The van der Waals surface area contributed by atoms with Crippen LogP contribution in [0.3, 0.4) is 0 Å². The molecule has 9 heteroatoms. The molecule has 0 unspecified atom stereocenters. The molecule has 2 rings (SSSR count). The van der Waals surface area contributed by atoms with Crippen molar-refractivity contribution in [3.05, 3.63) is 17.7 Å². The average molecular weight is 321 g/mol. The third-order valence-electron chi connectivity index (χ3n) is 2.79. The van der Waals surface area contributed by atoms with Crippen molar-refractivity contribution in [3.63, 3.8) is 0 Å². The molecule has 0 atom stereocenters. The van der Waals surface area contributed by atoms with E-state index in [1.807, 2.05) is 4.90 Å². The van der Waals surface area contributed by atoms with Gasteiger partial charge in [-0.05, 0) is 12.1 Å². The Morgan fingerprint density at radius 3 is 2.36 bits per heavy atom. The van der Waals surface area contributed by atoms with Gasteiger partial charge in [-0.3, -0.25) is 4.79 Å². The zero-order valence-corrected chi connectivity index (χ0v) is 12.3. The maximum absolute atomic E-state index is 12.7. The number of aromatic nitrogens is 1. The predicted octanol–water partition coefficient (Wildman–Crippen LogP) is 1.61. The van der Waals surface area contributed by atoms with E-state index >= 15 is 0 Å². The number of piperazine rings is 1. The van der Waals surface area contributed by atoms with Crippen LogP contribution in [-0.4, -0.2) is 49.3 Å². The van der Waals surface area contributed by atoms with Gasteiger partial charge in [0.1, 0.15) is 11.4 Å². The lowest BCUT2D eigenvalue weighted by Gasteiger charge is -2.28. The Labute approximate surface area is 125 Å². The highest BCUT2D eigenvalue weighted by molar-refractivity contribution is 5.62. The number of carboxylic acid groups (broad SMARTS) is 1. The lowest BCUT2D eigenvalue weighted by Crippen LogP contribution is -2.43. The molecular weight excluding hydrogens is 303 g/mol. The highest BCUT2D eigenvalue weighted by atomic mass is 19.4. The SMILES string of the molecule is CC(=O)O.COc1nc(N2CCNCC2)ccc1C(F)(F)F. The molecule has 2 heterocycles. The molecule has 0 amide bonds. The maximum Gasteiger partial charge on any atom is 0.421 e. The summed E-state index contributed by atoms with van der Waals surface area (Å²) in [6.45, 7) is 4.12. The Balaban J connectivity index is 0.000000541. The maximum atomic E-state index is 12.7. The molecule has 0 saturated carbocycles. The Bertz CT molecular complexity index is 499. The van der Waals surface area contributed by atoms with Crippen molar-refractivity contribution in [1.29, 1.82) is 0 Å². The summed E-state index contributed by atoms with van der Waals surface area (Å²) >= 11 is 0. The largest absolute Gasteiger partial charge is 0.481 e. The highest BCUT2D eigenvalue weighted by Crippen LogP contribution is 2.36. The van der Waals surface area contributed by atoms with E-state index in [2.05, 4.69) is 10.3 Å². The first kappa shape index (κ1) is 18.0. The molecule has 0 aromatic carbocycles. The minimum Gasteiger partial charge on any atom is -0.481 e. The number of carbonyl (C=O) groups is 1. The molecular formula is C13H18F3N3O3. The second-order valence-corrected chi connectivity index (χ2v) is 4.48. The summed E-state index contributed by atoms with van der Waals surface area (Å²) in [6.07, 6.45) is -4.44. The normalized spacial score (nSPS) is 14.9. The van der Waals surface area contributed by atoms with Crippen LogP contribution in [0.25, 0.3) is 0 Å². The number of carboxylic acids is 1. The van der Waals surface area contributed by atoms with E-state index in [0.717, 1.165) is 39.2 Å². The summed E-state index contributed by atoms with van der Waals surface area (Å²) in [7, 11) is 1.19. The monoisotopic (exact) mass is 321 g/mol. The van der Waals surface area contributed by atoms with Crippen molar-refractivity contribution in [2.45, 2.75) is 13.1 Å². The van der Waals surface area contributed by atoms with Crippen molar-refractivity contribution in [1.82, 2.24) is 10.3 Å². The van der Waals surface area contributed by atoms with Gasteiger partial charge in [0.25, 0.3) is 5.97 Å². The van der Waals surface area contributed by atoms with Gasteiger partial charge in [0.15, 0.2) is 0 Å². The average Bonchev–Trinajstić information content (AvgIpc) is 2.46. The molecule has 1 aromatic rings. The van der Waals surface area contributed by atoms with Gasteiger partial charge in [-0.15, -0.1) is 0 Å². The molecule has 1 fully saturated rings. The van der Waals surface area contributed by atoms with Gasteiger partial charge in [0, 0.05) is 33.1 Å². The number of nitrogens with one attached hydrogen (secondary N) is 1. The molecule has 124 valence electrons. The van der Waals surface area contributed by atoms with Gasteiger partial charge in [-0.1, -0.05) is 0 Å². The molecule has 2 N–H and O–H groups in total. The molecule has 0 bridgehead atoms. The number of hydrogen-bond donors (Lipinski definition) is 2. The summed E-state index contributed by atoms with van der Waals surface area (Å²) in [5.41, 5.74) is -0.844. The van der Waals surface area contributed by atoms with Crippen LogP contribution in [0.2, 0.25) is 0 Å². The van der Waals surface area contributed by atoms with Crippen LogP contribution in [-0.2, 0) is 11.0 Å². The lowest BCUT2D eigenvalue weighted by molar-refractivity contribution is -0.139. The number of ether oxygens (including phenoxy) is 1. The minimum atomic E-state index is -4.44. The molecule has 22 heavy (non-hydrogen) atoms. The summed E-state index contributed by atoms with van der Waals surface area (Å²) in [6, 6.07) is 2.40. The second kappa shape index (κ2) is 7.83. The van der Waals surface area contributed by atoms with Crippen LogP contribution in [0.4, 0.5) is 19.0 Å². The lowest BCUT2D eigenvalue weighted by atomic mass is 10.2. The summed E-state index contributed by atoms with van der Waals surface area (Å²) in [5.74, 6) is -0.695. The molecule has 0 spiro atoms. The zero-order valence-electron chi connectivity index (χ0n) is 12.3. The number of aliphatic carboxylic acids is 1. The van der Waals surface area contributed by atoms with Crippen molar-refractivity contribution >= 4 is 11.8 Å². The topological polar surface area (TPSA) is 74.7 Å². The quantitative estimate of drug-likeness (QED) is 0.862. The molecule has 6 nitrogen and oxygen atoms in total. The number of methoxy groups -OCH3 is 1. The van der Waals surface area contributed by atoms with Gasteiger partial charge in [-0.2, -0.15) is 18.2 Å². The summed E-state index contributed by atoms with van der Waals surface area (Å²) in [4.78, 5) is 14.9. The fourth-order valence-corrected chi connectivity index (χ4v) is 1.87. The van der Waals surface area contributed by atoms with Crippen molar-refractivity contribution in [2.24, 2.45) is 0 Å². The van der Waals surface area contributed by atoms with E-state index in [-0.39, 0.29) is 5.88 Å². The number of pyridine rings is 1. The number of anilines is 1. The first-order valence-electron chi connectivity index (χ1n) is 6.53. The smallest absolute Gasteiger partial charge is 0.421 e. The van der Waals surface area contributed by atoms with Crippen molar-refractivity contribution in [3.8, 4) is 5.88 Å². The number of rotatable bonds is 2. The van der Waals surface area contributed by atoms with Crippen LogP contribution in [0.1, 0.15) is 12.5 Å². The van der Waals surface area contributed by atoms with E-state index in [0.29, 0.717) is 5.82 Å². The zero-order chi connectivity index (χ0) is 16.8. The Hall–Kier alpha value is -2.03. The van der Waals surface area contributed by atoms with Gasteiger partial charge in [-0.25, -0.2) is 0 Å². The first-order chi connectivity index (χ1) is 10.3. The van der Waals surface area contributed by atoms with Crippen LogP contribution < -0.4 is 15.0 Å². The Kier molecular flexibility index (Phi) is 6.41. The third kappa shape index (κ3) is 5.40. The highest BCUT2D eigenvalue weighted by Gasteiger charge is 2.35. The second-order valence-electron chi connectivity index (χ2n) is 4.48. The van der Waals surface area contributed by atoms with Gasteiger partial charge in [0.2, 0.25) is 5.88 Å². The van der Waals surface area contributed by atoms with Crippen LogP contribution in [0, 0.1) is 0 Å². The molecule has 1 aliphatic heterocycles. The van der Waals surface area contributed by atoms with Crippen LogP contribution in [0.15, 0.2) is 12.1 Å². The molecule has 1 aromatic heterocycles. The van der Waals surface area contributed by atoms with Crippen LogP contribution >= 0.6 is 0 Å². The fourth-order valence-electron chi connectivity index (χ4n) is 1.87. The first-order valence-corrected chi connectivity index (χ1v) is 6.53. The standard InChI is InChI=1S/C11H14F3N3O.C2H4O2/c1-18-10-8(11(12,13)14)2-3-9(16-10)17-6-4-15-5-7-17;1-2(3)4/h2-3,15H,4-7H2,1H3;1H3,(H,3,4). The Morgan fingerprint density at radius 1 is 1.36 bits per heavy atom. The summed E-state index contributed by atoms with van der Waals surface area (Å²) < 4.78 is 42.7.